The van der Waals surface area contributed by atoms with Crippen molar-refractivity contribution in [2.45, 2.75) is 6.54 Å². The highest BCUT2D eigenvalue weighted by Crippen LogP contribution is 2.36. The van der Waals surface area contributed by atoms with E-state index in [-0.39, 0.29) is 11.7 Å². The fraction of sp³-hybridized carbons (Fsp3) is 0.0909. The summed E-state index contributed by atoms with van der Waals surface area (Å²) in [5.41, 5.74) is 4.55. The van der Waals surface area contributed by atoms with Gasteiger partial charge in [-0.3, -0.25) is 9.59 Å². The summed E-state index contributed by atoms with van der Waals surface area (Å²) in [5.74, 6) is 0.546. The predicted molar refractivity (Wildman–Crippen MR) is 99.5 cm³/mol. The standard InChI is InChI=1S/C22H17NO3/c1-26-16-9-6-14(7-10-16)13-23-22(25)15-8-11-18-17-4-2-3-5-19(17)21(24)20(18)12-15/h2-12H,13H2,1H3,(H,23,25). The number of hydrogen-bond acceptors (Lipinski definition) is 3. The van der Waals surface area contributed by atoms with Crippen LogP contribution in [0.5, 0.6) is 5.75 Å². The van der Waals surface area contributed by atoms with E-state index in [2.05, 4.69) is 5.32 Å². The molecule has 128 valence electrons. The van der Waals surface area contributed by atoms with Crippen LogP contribution in [-0.2, 0) is 6.54 Å². The molecule has 0 fully saturated rings. The first kappa shape index (κ1) is 16.1. The van der Waals surface area contributed by atoms with Gasteiger partial charge in [0, 0.05) is 23.2 Å². The highest BCUT2D eigenvalue weighted by atomic mass is 16.5. The third-order valence-corrected chi connectivity index (χ3v) is 4.60. The molecule has 26 heavy (non-hydrogen) atoms. The van der Waals surface area contributed by atoms with E-state index >= 15 is 0 Å². The molecule has 0 saturated carbocycles. The van der Waals surface area contributed by atoms with Gasteiger partial charge in [0.1, 0.15) is 5.75 Å². The summed E-state index contributed by atoms with van der Waals surface area (Å²) in [5, 5.41) is 2.89. The van der Waals surface area contributed by atoms with Gasteiger partial charge in [0.05, 0.1) is 7.11 Å². The van der Waals surface area contributed by atoms with Crippen molar-refractivity contribution in [2.24, 2.45) is 0 Å². The molecule has 0 unspecified atom stereocenters. The topological polar surface area (TPSA) is 55.4 Å². The lowest BCUT2D eigenvalue weighted by Crippen LogP contribution is -2.23. The highest BCUT2D eigenvalue weighted by molar-refractivity contribution is 6.22. The van der Waals surface area contributed by atoms with E-state index in [0.29, 0.717) is 23.2 Å². The SMILES string of the molecule is COc1ccc(CNC(=O)c2ccc3c(c2)C(=O)c2ccccc2-3)cc1. The van der Waals surface area contributed by atoms with Gasteiger partial charge in [-0.15, -0.1) is 0 Å². The maximum Gasteiger partial charge on any atom is 0.251 e. The van der Waals surface area contributed by atoms with Crippen molar-refractivity contribution >= 4 is 11.7 Å². The normalized spacial score (nSPS) is 11.7. The summed E-state index contributed by atoms with van der Waals surface area (Å²) < 4.78 is 5.12. The Kier molecular flexibility index (Phi) is 4.01. The number of ketones is 1. The molecule has 0 atom stereocenters. The zero-order chi connectivity index (χ0) is 18.1. The summed E-state index contributed by atoms with van der Waals surface area (Å²) in [4.78, 5) is 25.0. The second-order valence-corrected chi connectivity index (χ2v) is 6.17. The van der Waals surface area contributed by atoms with Gasteiger partial charge in [-0.05, 0) is 41.0 Å². The lowest BCUT2D eigenvalue weighted by molar-refractivity contribution is 0.0951. The van der Waals surface area contributed by atoms with Gasteiger partial charge in [-0.1, -0.05) is 42.5 Å². The zero-order valence-corrected chi connectivity index (χ0v) is 14.3. The number of fused-ring (bicyclic) bond motifs is 3. The fourth-order valence-corrected chi connectivity index (χ4v) is 3.20. The Morgan fingerprint density at radius 1 is 0.885 bits per heavy atom. The third-order valence-electron chi connectivity index (χ3n) is 4.60. The van der Waals surface area contributed by atoms with Crippen molar-refractivity contribution in [3.05, 3.63) is 89.0 Å². The van der Waals surface area contributed by atoms with Gasteiger partial charge in [0.15, 0.2) is 5.78 Å². The molecule has 0 radical (unpaired) electrons. The maximum absolute atomic E-state index is 12.6. The Morgan fingerprint density at radius 3 is 2.31 bits per heavy atom. The number of ether oxygens (including phenoxy) is 1. The highest BCUT2D eigenvalue weighted by Gasteiger charge is 2.26. The molecule has 4 heteroatoms. The summed E-state index contributed by atoms with van der Waals surface area (Å²) in [7, 11) is 1.62. The maximum atomic E-state index is 12.6. The van der Waals surface area contributed by atoms with E-state index in [0.717, 1.165) is 22.4 Å². The van der Waals surface area contributed by atoms with Gasteiger partial charge >= 0.3 is 0 Å². The van der Waals surface area contributed by atoms with Crippen LogP contribution in [0.25, 0.3) is 11.1 Å². The summed E-state index contributed by atoms with van der Waals surface area (Å²) in [6.45, 7) is 0.411. The molecular formula is C22H17NO3. The molecule has 1 amide bonds. The van der Waals surface area contributed by atoms with Gasteiger partial charge < -0.3 is 10.1 Å². The Bertz CT molecular complexity index is 1010. The molecule has 3 aromatic carbocycles. The molecule has 0 saturated heterocycles. The first-order valence-electron chi connectivity index (χ1n) is 8.36. The van der Waals surface area contributed by atoms with E-state index in [1.54, 1.807) is 19.2 Å². The Morgan fingerprint density at radius 2 is 1.58 bits per heavy atom. The molecular weight excluding hydrogens is 326 g/mol. The monoisotopic (exact) mass is 343 g/mol. The number of hydrogen-bond donors (Lipinski definition) is 1. The van der Waals surface area contributed by atoms with Gasteiger partial charge in [-0.2, -0.15) is 0 Å². The number of benzene rings is 3. The van der Waals surface area contributed by atoms with Gasteiger partial charge in [0.25, 0.3) is 5.91 Å². The van der Waals surface area contributed by atoms with E-state index in [9.17, 15) is 9.59 Å². The first-order chi connectivity index (χ1) is 12.7. The van der Waals surface area contributed by atoms with Crippen LogP contribution in [0.4, 0.5) is 0 Å². The number of nitrogens with one attached hydrogen (secondary N) is 1. The summed E-state index contributed by atoms with van der Waals surface area (Å²) in [6.07, 6.45) is 0. The zero-order valence-electron chi connectivity index (χ0n) is 14.3. The van der Waals surface area contributed by atoms with Crippen molar-refractivity contribution in [2.75, 3.05) is 7.11 Å². The Hall–Kier alpha value is -3.40. The van der Waals surface area contributed by atoms with Crippen LogP contribution in [0, 0.1) is 0 Å². The molecule has 4 rings (SSSR count). The molecule has 0 aromatic heterocycles. The lowest BCUT2D eigenvalue weighted by atomic mass is 10.0. The molecule has 0 spiro atoms. The van der Waals surface area contributed by atoms with Crippen LogP contribution in [0.15, 0.2) is 66.7 Å². The smallest absolute Gasteiger partial charge is 0.251 e. The van der Waals surface area contributed by atoms with Crippen LogP contribution < -0.4 is 10.1 Å². The van der Waals surface area contributed by atoms with Crippen molar-refractivity contribution in [3.8, 4) is 16.9 Å². The minimum Gasteiger partial charge on any atom is -0.497 e. The van der Waals surface area contributed by atoms with Crippen LogP contribution in [0.2, 0.25) is 0 Å². The van der Waals surface area contributed by atoms with Crippen molar-refractivity contribution < 1.29 is 14.3 Å². The van der Waals surface area contributed by atoms with Crippen molar-refractivity contribution in [3.63, 3.8) is 0 Å². The number of amides is 1. The number of rotatable bonds is 4. The van der Waals surface area contributed by atoms with Crippen molar-refractivity contribution in [1.82, 2.24) is 5.32 Å². The van der Waals surface area contributed by atoms with Crippen molar-refractivity contribution in [1.29, 1.82) is 0 Å². The Balaban J connectivity index is 1.52. The number of carbonyl (C=O) groups is 2. The fourth-order valence-electron chi connectivity index (χ4n) is 3.20. The van der Waals surface area contributed by atoms with E-state index < -0.39 is 0 Å². The summed E-state index contributed by atoms with van der Waals surface area (Å²) >= 11 is 0. The predicted octanol–water partition coefficient (Wildman–Crippen LogP) is 3.84. The second kappa shape index (κ2) is 6.48. The van der Waals surface area contributed by atoms with E-state index in [4.69, 9.17) is 4.74 Å². The molecule has 1 aliphatic rings. The minimum absolute atomic E-state index is 0.0274. The lowest BCUT2D eigenvalue weighted by Gasteiger charge is -2.08. The quantitative estimate of drug-likeness (QED) is 0.612. The van der Waals surface area contributed by atoms with Gasteiger partial charge in [0.2, 0.25) is 0 Å². The summed E-state index contributed by atoms with van der Waals surface area (Å²) in [6, 6.07) is 20.3. The number of methoxy groups -OCH3 is 1. The van der Waals surface area contributed by atoms with E-state index in [1.165, 1.54) is 0 Å². The first-order valence-corrected chi connectivity index (χ1v) is 8.36. The van der Waals surface area contributed by atoms with Crippen LogP contribution in [0.3, 0.4) is 0 Å². The minimum atomic E-state index is -0.202. The molecule has 0 aliphatic heterocycles. The third kappa shape index (κ3) is 2.75. The largest absolute Gasteiger partial charge is 0.497 e. The van der Waals surface area contributed by atoms with Crippen LogP contribution in [0.1, 0.15) is 31.8 Å². The van der Waals surface area contributed by atoms with Crippen LogP contribution in [-0.4, -0.2) is 18.8 Å². The molecule has 4 nitrogen and oxygen atoms in total. The molecule has 0 heterocycles. The van der Waals surface area contributed by atoms with Crippen LogP contribution >= 0.6 is 0 Å². The molecule has 3 aromatic rings. The average Bonchev–Trinajstić information content (AvgIpc) is 2.99. The molecule has 1 N–H and O–H groups in total. The number of carbonyl (C=O) groups excluding carboxylic acids is 2. The average molecular weight is 343 g/mol. The Labute approximate surface area is 151 Å². The van der Waals surface area contributed by atoms with Gasteiger partial charge in [-0.25, -0.2) is 0 Å². The molecule has 1 aliphatic carbocycles. The molecule has 0 bridgehead atoms. The van der Waals surface area contributed by atoms with E-state index in [1.807, 2.05) is 54.6 Å². The second-order valence-electron chi connectivity index (χ2n) is 6.17.